The lowest BCUT2D eigenvalue weighted by molar-refractivity contribution is 0.599. The summed E-state index contributed by atoms with van der Waals surface area (Å²) in [6.07, 6.45) is 0. The first-order chi connectivity index (χ1) is 4.92. The number of hydrogen-bond donors (Lipinski definition) is 0. The van der Waals surface area contributed by atoms with E-state index < -0.39 is 9.84 Å². The Morgan fingerprint density at radius 1 is 1.45 bits per heavy atom. The van der Waals surface area contributed by atoms with Crippen LogP contribution in [0.1, 0.15) is 6.92 Å². The molecule has 2 nitrogen and oxygen atoms in total. The predicted molar refractivity (Wildman–Crippen MR) is 46.3 cm³/mol. The van der Waals surface area contributed by atoms with E-state index in [9.17, 15) is 8.42 Å². The van der Waals surface area contributed by atoms with Gasteiger partial charge in [-0.2, -0.15) is 0 Å². The van der Waals surface area contributed by atoms with Crippen LogP contribution in [0.15, 0.2) is 22.8 Å². The summed E-state index contributed by atoms with van der Waals surface area (Å²) < 4.78 is 22.1. The fourth-order valence-electron chi connectivity index (χ4n) is 1.07. The van der Waals surface area contributed by atoms with Crippen LogP contribution < -0.4 is 0 Å². The third-order valence-corrected chi connectivity index (χ3v) is 3.77. The quantitative estimate of drug-likeness (QED) is 0.583. The highest BCUT2D eigenvalue weighted by molar-refractivity contribution is 7.91. The minimum atomic E-state index is -2.96. The fraction of sp³-hybridized carbons (Fsp3) is 0.429. The standard InChI is InChI=1S/C7H9ClO2S/c1-5-3-11(9,10)4-6(2)7(5)8/h1,3-4H2,2H3. The van der Waals surface area contributed by atoms with Crippen LogP contribution in [0.5, 0.6) is 0 Å². The number of allylic oxidation sites excluding steroid dienone is 1. The highest BCUT2D eigenvalue weighted by Gasteiger charge is 2.22. The minimum Gasteiger partial charge on any atom is -0.228 e. The zero-order valence-corrected chi connectivity index (χ0v) is 7.80. The summed E-state index contributed by atoms with van der Waals surface area (Å²) in [7, 11) is -2.96. The maximum Gasteiger partial charge on any atom is 0.158 e. The van der Waals surface area contributed by atoms with E-state index in [0.717, 1.165) is 0 Å². The smallest absolute Gasteiger partial charge is 0.158 e. The molecule has 1 rings (SSSR count). The Balaban J connectivity index is 3.14. The lowest BCUT2D eigenvalue weighted by atomic mass is 10.2. The molecule has 4 heteroatoms. The van der Waals surface area contributed by atoms with E-state index in [-0.39, 0.29) is 11.5 Å². The van der Waals surface area contributed by atoms with Crippen LogP contribution in [0.2, 0.25) is 0 Å². The Kier molecular flexibility index (Phi) is 2.12. The van der Waals surface area contributed by atoms with E-state index in [1.54, 1.807) is 6.92 Å². The molecule has 0 amide bonds. The molecule has 0 atom stereocenters. The summed E-state index contributed by atoms with van der Waals surface area (Å²) in [5.41, 5.74) is 1.21. The monoisotopic (exact) mass is 192 g/mol. The largest absolute Gasteiger partial charge is 0.228 e. The minimum absolute atomic E-state index is 0.00315. The van der Waals surface area contributed by atoms with Crippen LogP contribution in [0.25, 0.3) is 0 Å². The lowest BCUT2D eigenvalue weighted by Gasteiger charge is -2.15. The van der Waals surface area contributed by atoms with Gasteiger partial charge in [0.2, 0.25) is 0 Å². The molecule has 11 heavy (non-hydrogen) atoms. The van der Waals surface area contributed by atoms with E-state index in [0.29, 0.717) is 16.2 Å². The summed E-state index contributed by atoms with van der Waals surface area (Å²) in [5.74, 6) is 0.0774. The molecule has 0 spiro atoms. The van der Waals surface area contributed by atoms with Crippen LogP contribution in [0.4, 0.5) is 0 Å². The molecule has 0 radical (unpaired) electrons. The van der Waals surface area contributed by atoms with Gasteiger partial charge in [-0.3, -0.25) is 0 Å². The fourth-order valence-corrected chi connectivity index (χ4v) is 2.95. The molecular formula is C7H9ClO2S. The number of rotatable bonds is 0. The first-order valence-electron chi connectivity index (χ1n) is 3.16. The SMILES string of the molecule is C=C1CS(=O)(=O)CC(C)=C1Cl. The Hall–Kier alpha value is -0.280. The van der Waals surface area contributed by atoms with Crippen LogP contribution in [-0.4, -0.2) is 19.9 Å². The second-order valence-electron chi connectivity index (χ2n) is 2.73. The number of hydrogen-bond acceptors (Lipinski definition) is 2. The molecule has 0 aliphatic carbocycles. The molecule has 0 saturated heterocycles. The van der Waals surface area contributed by atoms with Crippen LogP contribution >= 0.6 is 11.6 Å². The molecule has 0 bridgehead atoms. The molecule has 1 aliphatic rings. The molecule has 0 saturated carbocycles. The van der Waals surface area contributed by atoms with Crippen LogP contribution in [0, 0.1) is 0 Å². The van der Waals surface area contributed by atoms with Gasteiger partial charge < -0.3 is 0 Å². The highest BCUT2D eigenvalue weighted by atomic mass is 35.5. The van der Waals surface area contributed by atoms with Gasteiger partial charge in [-0.15, -0.1) is 0 Å². The van der Waals surface area contributed by atoms with Gasteiger partial charge in [0.1, 0.15) is 0 Å². The van der Waals surface area contributed by atoms with Crippen molar-refractivity contribution >= 4 is 21.4 Å². The Morgan fingerprint density at radius 3 is 2.45 bits per heavy atom. The van der Waals surface area contributed by atoms with Gasteiger partial charge in [0, 0.05) is 5.03 Å². The van der Waals surface area contributed by atoms with Gasteiger partial charge in [0.25, 0.3) is 0 Å². The van der Waals surface area contributed by atoms with E-state index in [1.165, 1.54) is 0 Å². The van der Waals surface area contributed by atoms with Gasteiger partial charge in [0.15, 0.2) is 9.84 Å². The normalized spacial score (nSPS) is 24.0. The van der Waals surface area contributed by atoms with E-state index in [1.807, 2.05) is 0 Å². The highest BCUT2D eigenvalue weighted by Crippen LogP contribution is 2.25. The average molecular weight is 193 g/mol. The van der Waals surface area contributed by atoms with E-state index >= 15 is 0 Å². The summed E-state index contributed by atoms with van der Waals surface area (Å²) in [6.45, 7) is 5.28. The first kappa shape index (κ1) is 8.81. The summed E-state index contributed by atoms with van der Waals surface area (Å²) >= 11 is 5.76. The maximum absolute atomic E-state index is 11.1. The second kappa shape index (κ2) is 2.64. The maximum atomic E-state index is 11.1. The third-order valence-electron chi connectivity index (χ3n) is 1.52. The topological polar surface area (TPSA) is 34.1 Å². The molecular weight excluding hydrogens is 184 g/mol. The zero-order valence-electron chi connectivity index (χ0n) is 6.22. The van der Waals surface area contributed by atoms with Gasteiger partial charge in [0.05, 0.1) is 11.5 Å². The van der Waals surface area contributed by atoms with Crippen molar-refractivity contribution in [1.29, 1.82) is 0 Å². The van der Waals surface area contributed by atoms with E-state index in [2.05, 4.69) is 6.58 Å². The van der Waals surface area contributed by atoms with Crippen molar-refractivity contribution in [3.63, 3.8) is 0 Å². The van der Waals surface area contributed by atoms with Crippen molar-refractivity contribution in [2.45, 2.75) is 6.92 Å². The Bertz CT molecular complexity index is 324. The molecule has 0 aromatic carbocycles. The molecule has 1 aliphatic heterocycles. The van der Waals surface area contributed by atoms with Crippen molar-refractivity contribution in [3.05, 3.63) is 22.8 Å². The van der Waals surface area contributed by atoms with Crippen LogP contribution in [0.3, 0.4) is 0 Å². The van der Waals surface area contributed by atoms with Gasteiger partial charge in [-0.1, -0.05) is 18.2 Å². The van der Waals surface area contributed by atoms with Gasteiger partial charge in [-0.05, 0) is 18.1 Å². The first-order valence-corrected chi connectivity index (χ1v) is 5.36. The zero-order chi connectivity index (χ0) is 8.65. The Morgan fingerprint density at radius 2 is 2.00 bits per heavy atom. The van der Waals surface area contributed by atoms with Crippen molar-refractivity contribution < 1.29 is 8.42 Å². The van der Waals surface area contributed by atoms with Crippen molar-refractivity contribution in [2.24, 2.45) is 0 Å². The molecule has 0 fully saturated rings. The third kappa shape index (κ3) is 1.84. The molecule has 1 heterocycles. The van der Waals surface area contributed by atoms with Gasteiger partial charge in [-0.25, -0.2) is 8.42 Å². The van der Waals surface area contributed by atoms with Crippen molar-refractivity contribution in [1.82, 2.24) is 0 Å². The molecule has 0 unspecified atom stereocenters. The van der Waals surface area contributed by atoms with Gasteiger partial charge >= 0.3 is 0 Å². The summed E-state index contributed by atoms with van der Waals surface area (Å²) in [6, 6.07) is 0. The van der Waals surface area contributed by atoms with Crippen LogP contribution in [-0.2, 0) is 9.84 Å². The second-order valence-corrected chi connectivity index (χ2v) is 5.17. The van der Waals surface area contributed by atoms with Crippen molar-refractivity contribution in [3.8, 4) is 0 Å². The molecule has 62 valence electrons. The molecule has 0 aromatic rings. The summed E-state index contributed by atoms with van der Waals surface area (Å²) in [4.78, 5) is 0. The number of sulfone groups is 1. The lowest BCUT2D eigenvalue weighted by Crippen LogP contribution is -2.19. The Labute approximate surface area is 71.5 Å². The summed E-state index contributed by atoms with van der Waals surface area (Å²) in [5, 5.41) is 0.528. The molecule has 0 aromatic heterocycles. The van der Waals surface area contributed by atoms with Crippen molar-refractivity contribution in [2.75, 3.05) is 11.5 Å². The number of halogens is 1. The molecule has 0 N–H and O–H groups in total. The average Bonchev–Trinajstić information content (AvgIpc) is 1.81. The van der Waals surface area contributed by atoms with E-state index in [4.69, 9.17) is 11.6 Å². The predicted octanol–water partition coefficient (Wildman–Crippen LogP) is 1.48.